The lowest BCUT2D eigenvalue weighted by molar-refractivity contribution is -0.117. The minimum absolute atomic E-state index is 0.00546. The second-order valence-corrected chi connectivity index (χ2v) is 9.02. The minimum Gasteiger partial charge on any atom is -0.365 e. The van der Waals surface area contributed by atoms with Gasteiger partial charge >= 0.3 is 0 Å². The maximum absolute atomic E-state index is 12.4. The molecule has 3 fully saturated rings. The molecule has 3 aliphatic heterocycles. The Morgan fingerprint density at radius 2 is 1.46 bits per heavy atom. The third-order valence-electron chi connectivity index (χ3n) is 4.64. The third-order valence-corrected chi connectivity index (χ3v) is 5.85. The van der Waals surface area contributed by atoms with Crippen molar-refractivity contribution < 1.29 is 22.6 Å². The highest BCUT2D eigenvalue weighted by molar-refractivity contribution is 7.85. The van der Waals surface area contributed by atoms with Gasteiger partial charge in [-0.15, -0.1) is 9.24 Å². The van der Waals surface area contributed by atoms with Crippen LogP contribution in [0.25, 0.3) is 0 Å². The summed E-state index contributed by atoms with van der Waals surface area (Å²) in [6, 6.07) is 5.99. The maximum Gasteiger partial charge on any atom is 0.294 e. The van der Waals surface area contributed by atoms with Crippen molar-refractivity contribution in [2.75, 3.05) is 39.3 Å². The van der Waals surface area contributed by atoms with Crippen molar-refractivity contribution in [1.29, 1.82) is 0 Å². The van der Waals surface area contributed by atoms with Crippen LogP contribution in [0.3, 0.4) is 0 Å². The first-order chi connectivity index (χ1) is 13.3. The highest BCUT2D eigenvalue weighted by Crippen LogP contribution is 2.33. The van der Waals surface area contributed by atoms with Crippen molar-refractivity contribution in [2.45, 2.75) is 4.90 Å². The number of rotatable bonds is 4. The van der Waals surface area contributed by atoms with Gasteiger partial charge < -0.3 is 14.7 Å². The van der Waals surface area contributed by atoms with Crippen molar-refractivity contribution in [3.63, 3.8) is 0 Å². The van der Waals surface area contributed by atoms with E-state index in [4.69, 9.17) is 4.55 Å². The van der Waals surface area contributed by atoms with E-state index in [9.17, 15) is 18.0 Å². The molecule has 3 saturated heterocycles. The van der Waals surface area contributed by atoms with E-state index in [0.717, 1.165) is 44.6 Å². The van der Waals surface area contributed by atoms with Crippen LogP contribution in [-0.2, 0) is 19.7 Å². The predicted octanol–water partition coefficient (Wildman–Crippen LogP) is -0.386. The van der Waals surface area contributed by atoms with Crippen LogP contribution in [-0.4, -0.2) is 78.5 Å². The lowest BCUT2D eigenvalue weighted by atomic mass is 10.0. The number of nitrogens with zero attached hydrogens (tertiary/aromatic N) is 3. The Hall–Kier alpha value is -2.22. The summed E-state index contributed by atoms with van der Waals surface area (Å²) in [6.07, 6.45) is 1.52. The van der Waals surface area contributed by atoms with Gasteiger partial charge in [0.05, 0.1) is 10.6 Å². The Bertz CT molecular complexity index is 1020. The molecule has 0 saturated carbocycles. The van der Waals surface area contributed by atoms with Gasteiger partial charge in [-0.1, -0.05) is 12.1 Å². The molecule has 0 spiro atoms. The van der Waals surface area contributed by atoms with Gasteiger partial charge in [-0.3, -0.25) is 14.1 Å². The smallest absolute Gasteiger partial charge is 0.294 e. The number of hydrogen-bond donors (Lipinski definition) is 1. The Balaban J connectivity index is 0.000000153. The van der Waals surface area contributed by atoms with E-state index in [1.54, 1.807) is 12.1 Å². The first kappa shape index (κ1) is 19.1. The normalized spacial score (nSPS) is 20.6. The molecule has 10 heteroatoms. The lowest BCUT2D eigenvalue weighted by Gasteiger charge is -2.21. The Morgan fingerprint density at radius 3 is 1.93 bits per heavy atom. The van der Waals surface area contributed by atoms with E-state index in [1.165, 1.54) is 18.2 Å². The summed E-state index contributed by atoms with van der Waals surface area (Å²) in [5, 5.41) is 0.722. The van der Waals surface area contributed by atoms with Crippen LogP contribution in [0.1, 0.15) is 0 Å². The molecule has 1 aromatic rings. The van der Waals surface area contributed by atoms with Crippen LogP contribution < -0.4 is 5.30 Å². The molecular weight excluding hydrogens is 401 g/mol. The zero-order valence-electron chi connectivity index (χ0n) is 15.0. The van der Waals surface area contributed by atoms with Crippen LogP contribution >= 0.6 is 9.24 Å². The Morgan fingerprint density at radius 1 is 0.893 bits per heavy atom. The van der Waals surface area contributed by atoms with Crippen LogP contribution in [0.4, 0.5) is 0 Å². The van der Waals surface area contributed by atoms with Crippen LogP contribution in [0, 0.1) is 0 Å². The zero-order valence-corrected chi connectivity index (χ0v) is 17.0. The average molecular weight is 421 g/mol. The average Bonchev–Trinajstić information content (AvgIpc) is 3.46. The predicted molar refractivity (Wildman–Crippen MR) is 105 cm³/mol. The van der Waals surface area contributed by atoms with Crippen molar-refractivity contribution >= 4 is 36.2 Å². The molecule has 0 radical (unpaired) electrons. The second kappa shape index (κ2) is 6.99. The summed E-state index contributed by atoms with van der Waals surface area (Å²) >= 11 is 0. The fourth-order valence-electron chi connectivity index (χ4n) is 2.95. The summed E-state index contributed by atoms with van der Waals surface area (Å²) in [5.74, 6) is 0.0485. The Kier molecular flexibility index (Phi) is 4.77. The molecule has 4 aliphatic rings. The standard InChI is InChI=1S/C12H13N3O2.C6H7O3PS/c16-9-7-8(13-1-2-13)12(17)11(15-5-6-15)10(9)14-3-4-14;7-11(8,9)6-3-1-2-5(10)4-6/h7H,1-6H2;1-4H,10H2,(H,7,8,9). The highest BCUT2D eigenvalue weighted by atomic mass is 32.2. The number of ketones is 2. The molecule has 0 bridgehead atoms. The molecule has 148 valence electrons. The number of allylic oxidation sites excluding steroid dienone is 1. The number of carbonyl (C=O) groups is 2. The van der Waals surface area contributed by atoms with Crippen molar-refractivity contribution in [3.8, 4) is 0 Å². The molecular formula is C18H20N3O5PS. The lowest BCUT2D eigenvalue weighted by Crippen LogP contribution is -2.29. The van der Waals surface area contributed by atoms with Crippen LogP contribution in [0.2, 0.25) is 0 Å². The summed E-state index contributed by atoms with van der Waals surface area (Å²) in [7, 11) is -1.69. The highest BCUT2D eigenvalue weighted by Gasteiger charge is 2.43. The van der Waals surface area contributed by atoms with E-state index in [-0.39, 0.29) is 16.5 Å². The third kappa shape index (κ3) is 4.11. The minimum atomic E-state index is -4.04. The monoisotopic (exact) mass is 421 g/mol. The van der Waals surface area contributed by atoms with Crippen LogP contribution in [0.15, 0.2) is 52.3 Å². The van der Waals surface area contributed by atoms with Gasteiger partial charge in [0.15, 0.2) is 0 Å². The van der Waals surface area contributed by atoms with Gasteiger partial charge in [0.25, 0.3) is 10.1 Å². The largest absolute Gasteiger partial charge is 0.365 e. The molecule has 8 nitrogen and oxygen atoms in total. The molecule has 1 atom stereocenters. The van der Waals surface area contributed by atoms with Crippen LogP contribution in [0.5, 0.6) is 0 Å². The Labute approximate surface area is 165 Å². The van der Waals surface area contributed by atoms with Crippen molar-refractivity contribution in [3.05, 3.63) is 47.4 Å². The number of Topliss-reactive ketones (excluding diaryl/α,β-unsaturated/α-hetero) is 1. The quantitative estimate of drug-likeness (QED) is 0.304. The summed E-state index contributed by atoms with van der Waals surface area (Å²) in [5.41, 5.74) is 1.89. The molecule has 1 N–H and O–H groups in total. The molecule has 28 heavy (non-hydrogen) atoms. The first-order valence-electron chi connectivity index (χ1n) is 8.88. The van der Waals surface area contributed by atoms with Crippen molar-refractivity contribution in [1.82, 2.24) is 14.7 Å². The fourth-order valence-corrected chi connectivity index (χ4v) is 3.90. The van der Waals surface area contributed by atoms with Gasteiger partial charge in [0.2, 0.25) is 11.6 Å². The van der Waals surface area contributed by atoms with E-state index in [1.807, 2.05) is 14.7 Å². The molecule has 1 unspecified atom stereocenters. The topological polar surface area (TPSA) is 97.5 Å². The molecule has 3 heterocycles. The van der Waals surface area contributed by atoms with Crippen molar-refractivity contribution in [2.24, 2.45) is 0 Å². The van der Waals surface area contributed by atoms with Gasteiger partial charge in [0, 0.05) is 45.3 Å². The summed E-state index contributed by atoms with van der Waals surface area (Å²) < 4.78 is 29.6. The maximum atomic E-state index is 12.4. The fraction of sp³-hybridized carbons (Fsp3) is 0.333. The SMILES string of the molecule is O=C1C=C(N2CC2)C(=O)C(N2CC2)=C1N1CC1.O=S(=O)(O)c1cccc(P)c1. The molecule has 5 rings (SSSR count). The van der Waals surface area contributed by atoms with Gasteiger partial charge in [-0.2, -0.15) is 8.42 Å². The number of benzene rings is 1. The zero-order chi connectivity index (χ0) is 20.1. The van der Waals surface area contributed by atoms with E-state index >= 15 is 0 Å². The number of hydrogen-bond acceptors (Lipinski definition) is 7. The second-order valence-electron chi connectivity index (χ2n) is 6.93. The van der Waals surface area contributed by atoms with Gasteiger partial charge in [0.1, 0.15) is 11.4 Å². The molecule has 1 aromatic carbocycles. The summed E-state index contributed by atoms with van der Waals surface area (Å²) in [4.78, 5) is 30.4. The van der Waals surface area contributed by atoms with E-state index in [2.05, 4.69) is 9.24 Å². The summed E-state index contributed by atoms with van der Waals surface area (Å²) in [6.45, 7) is 5.41. The van der Waals surface area contributed by atoms with E-state index in [0.29, 0.717) is 17.1 Å². The molecule has 0 aromatic heterocycles. The number of carbonyl (C=O) groups excluding carboxylic acids is 2. The molecule has 1 aliphatic carbocycles. The first-order valence-corrected chi connectivity index (χ1v) is 10.9. The van der Waals surface area contributed by atoms with Gasteiger partial charge in [-0.25, -0.2) is 0 Å². The van der Waals surface area contributed by atoms with E-state index < -0.39 is 10.1 Å². The van der Waals surface area contributed by atoms with Gasteiger partial charge in [-0.05, 0) is 17.4 Å². The molecule has 0 amide bonds.